The van der Waals surface area contributed by atoms with Crippen molar-refractivity contribution < 1.29 is 14.3 Å². The number of ether oxygens (including phenoxy) is 1. The lowest BCUT2D eigenvalue weighted by Gasteiger charge is -2.16. The molecule has 0 saturated heterocycles. The molecule has 0 aromatic heterocycles. The number of carbonyl (C=O) groups is 2. The average molecular weight is 354 g/mol. The molecule has 2 N–H and O–H groups in total. The highest BCUT2D eigenvalue weighted by Gasteiger charge is 2.13. The topological polar surface area (TPSA) is 67.4 Å². The Morgan fingerprint density at radius 1 is 1.04 bits per heavy atom. The fourth-order valence-electron chi connectivity index (χ4n) is 2.70. The molecule has 0 atom stereocenters. The molecule has 0 heterocycles. The molecule has 5 nitrogen and oxygen atoms in total. The van der Waals surface area contributed by atoms with E-state index < -0.39 is 0 Å². The molecule has 0 radical (unpaired) electrons. The zero-order valence-corrected chi connectivity index (χ0v) is 15.8. The first-order valence-electron chi connectivity index (χ1n) is 8.69. The number of para-hydroxylation sites is 1. The van der Waals surface area contributed by atoms with Crippen molar-refractivity contribution in [1.82, 2.24) is 5.32 Å². The lowest BCUT2D eigenvalue weighted by atomic mass is 9.98. The van der Waals surface area contributed by atoms with E-state index in [-0.39, 0.29) is 24.8 Å². The zero-order valence-electron chi connectivity index (χ0n) is 15.8. The Morgan fingerprint density at radius 2 is 1.73 bits per heavy atom. The summed E-state index contributed by atoms with van der Waals surface area (Å²) in [5, 5.41) is 5.59. The van der Waals surface area contributed by atoms with Crippen molar-refractivity contribution in [2.45, 2.75) is 33.1 Å². The molecular formula is C21H26N2O3. The minimum absolute atomic E-state index is 0.0547. The Kier molecular flexibility index (Phi) is 6.78. The summed E-state index contributed by atoms with van der Waals surface area (Å²) in [6.07, 6.45) is 0.221. The van der Waals surface area contributed by atoms with Crippen LogP contribution in [0.5, 0.6) is 5.75 Å². The SMILES string of the molecule is COc1ccc(CC(=O)NCC(=O)Nc2c(C)cccc2C(C)C)cc1. The summed E-state index contributed by atoms with van der Waals surface area (Å²) in [7, 11) is 1.60. The molecule has 0 bridgehead atoms. The number of carbonyl (C=O) groups excluding carboxylic acids is 2. The number of hydrogen-bond donors (Lipinski definition) is 2. The van der Waals surface area contributed by atoms with Gasteiger partial charge in [0.25, 0.3) is 0 Å². The van der Waals surface area contributed by atoms with Crippen LogP contribution in [-0.2, 0) is 16.0 Å². The lowest BCUT2D eigenvalue weighted by molar-refractivity contribution is -0.123. The Hall–Kier alpha value is -2.82. The predicted molar refractivity (Wildman–Crippen MR) is 104 cm³/mol. The van der Waals surface area contributed by atoms with Crippen LogP contribution in [0.3, 0.4) is 0 Å². The van der Waals surface area contributed by atoms with Gasteiger partial charge in [0, 0.05) is 5.69 Å². The van der Waals surface area contributed by atoms with Crippen molar-refractivity contribution in [1.29, 1.82) is 0 Å². The summed E-state index contributed by atoms with van der Waals surface area (Å²) in [6, 6.07) is 13.2. The van der Waals surface area contributed by atoms with Crippen molar-refractivity contribution >= 4 is 17.5 Å². The van der Waals surface area contributed by atoms with E-state index >= 15 is 0 Å². The molecule has 0 spiro atoms. The number of benzene rings is 2. The maximum Gasteiger partial charge on any atom is 0.243 e. The summed E-state index contributed by atoms with van der Waals surface area (Å²) in [6.45, 7) is 6.08. The van der Waals surface area contributed by atoms with Gasteiger partial charge in [-0.05, 0) is 41.7 Å². The molecule has 0 fully saturated rings. The Bertz CT molecular complexity index is 767. The van der Waals surface area contributed by atoms with Gasteiger partial charge in [0.1, 0.15) is 5.75 Å². The van der Waals surface area contributed by atoms with Gasteiger partial charge in [-0.15, -0.1) is 0 Å². The molecular weight excluding hydrogens is 328 g/mol. The second kappa shape index (κ2) is 9.04. The molecule has 2 aromatic rings. The fraction of sp³-hybridized carbons (Fsp3) is 0.333. The predicted octanol–water partition coefficient (Wildman–Crippen LogP) is 3.42. The fourth-order valence-corrected chi connectivity index (χ4v) is 2.70. The van der Waals surface area contributed by atoms with Crippen LogP contribution in [0.1, 0.15) is 36.5 Å². The van der Waals surface area contributed by atoms with Crippen molar-refractivity contribution in [3.8, 4) is 5.75 Å². The van der Waals surface area contributed by atoms with Gasteiger partial charge in [-0.2, -0.15) is 0 Å². The summed E-state index contributed by atoms with van der Waals surface area (Å²) >= 11 is 0. The van der Waals surface area contributed by atoms with Crippen molar-refractivity contribution in [2.24, 2.45) is 0 Å². The first-order chi connectivity index (χ1) is 12.4. The van der Waals surface area contributed by atoms with Gasteiger partial charge >= 0.3 is 0 Å². The molecule has 2 amide bonds. The van der Waals surface area contributed by atoms with E-state index in [0.29, 0.717) is 5.92 Å². The summed E-state index contributed by atoms with van der Waals surface area (Å²) in [5.41, 5.74) is 3.79. The standard InChI is InChI=1S/C21H26N2O3/c1-14(2)18-7-5-6-15(3)21(18)23-20(25)13-22-19(24)12-16-8-10-17(26-4)11-9-16/h5-11,14H,12-13H2,1-4H3,(H,22,24)(H,23,25). The van der Waals surface area contributed by atoms with E-state index in [1.807, 2.05) is 37.3 Å². The first-order valence-corrected chi connectivity index (χ1v) is 8.69. The van der Waals surface area contributed by atoms with E-state index in [0.717, 1.165) is 28.1 Å². The molecule has 0 unspecified atom stereocenters. The van der Waals surface area contributed by atoms with E-state index in [4.69, 9.17) is 4.74 Å². The van der Waals surface area contributed by atoms with Crippen LogP contribution in [0.15, 0.2) is 42.5 Å². The minimum atomic E-state index is -0.232. The molecule has 0 aliphatic carbocycles. The molecule has 0 saturated carbocycles. The highest BCUT2D eigenvalue weighted by atomic mass is 16.5. The molecule has 5 heteroatoms. The Morgan fingerprint density at radius 3 is 2.35 bits per heavy atom. The highest BCUT2D eigenvalue weighted by molar-refractivity contribution is 5.96. The van der Waals surface area contributed by atoms with Gasteiger partial charge < -0.3 is 15.4 Å². The third kappa shape index (κ3) is 5.34. The third-order valence-electron chi connectivity index (χ3n) is 4.16. The second-order valence-corrected chi connectivity index (χ2v) is 6.54. The lowest BCUT2D eigenvalue weighted by Crippen LogP contribution is -2.34. The maximum atomic E-state index is 12.2. The maximum absolute atomic E-state index is 12.2. The number of nitrogens with one attached hydrogen (secondary N) is 2. The van der Waals surface area contributed by atoms with Gasteiger partial charge in [0.15, 0.2) is 0 Å². The van der Waals surface area contributed by atoms with E-state index in [1.165, 1.54) is 0 Å². The van der Waals surface area contributed by atoms with E-state index in [2.05, 4.69) is 24.5 Å². The van der Waals surface area contributed by atoms with Gasteiger partial charge in [-0.25, -0.2) is 0 Å². The summed E-state index contributed by atoms with van der Waals surface area (Å²) in [5.74, 6) is 0.617. The normalized spacial score (nSPS) is 10.5. The van der Waals surface area contributed by atoms with Gasteiger partial charge in [-0.3, -0.25) is 9.59 Å². The smallest absolute Gasteiger partial charge is 0.243 e. The van der Waals surface area contributed by atoms with Crippen LogP contribution in [0.25, 0.3) is 0 Å². The molecule has 138 valence electrons. The molecule has 2 rings (SSSR count). The van der Waals surface area contributed by atoms with Crippen LogP contribution in [-0.4, -0.2) is 25.5 Å². The summed E-state index contributed by atoms with van der Waals surface area (Å²) < 4.78 is 5.09. The molecule has 26 heavy (non-hydrogen) atoms. The molecule has 2 aromatic carbocycles. The van der Waals surface area contributed by atoms with Crippen molar-refractivity contribution in [3.63, 3.8) is 0 Å². The number of rotatable bonds is 7. The van der Waals surface area contributed by atoms with Crippen molar-refractivity contribution in [2.75, 3.05) is 19.0 Å². The van der Waals surface area contributed by atoms with Crippen LogP contribution < -0.4 is 15.4 Å². The van der Waals surface area contributed by atoms with Crippen LogP contribution >= 0.6 is 0 Å². The van der Waals surface area contributed by atoms with Gasteiger partial charge in [0.05, 0.1) is 20.1 Å². The van der Waals surface area contributed by atoms with E-state index in [1.54, 1.807) is 19.2 Å². The van der Waals surface area contributed by atoms with Gasteiger partial charge in [-0.1, -0.05) is 44.2 Å². The third-order valence-corrected chi connectivity index (χ3v) is 4.16. The van der Waals surface area contributed by atoms with Crippen LogP contribution in [0.4, 0.5) is 5.69 Å². The quantitative estimate of drug-likeness (QED) is 0.800. The van der Waals surface area contributed by atoms with Crippen LogP contribution in [0, 0.1) is 6.92 Å². The number of aryl methyl sites for hydroxylation is 1. The highest BCUT2D eigenvalue weighted by Crippen LogP contribution is 2.27. The number of methoxy groups -OCH3 is 1. The number of hydrogen-bond acceptors (Lipinski definition) is 3. The first kappa shape index (κ1) is 19.5. The Labute approximate surface area is 154 Å². The second-order valence-electron chi connectivity index (χ2n) is 6.54. The molecule has 0 aliphatic heterocycles. The summed E-state index contributed by atoms with van der Waals surface area (Å²) in [4.78, 5) is 24.3. The van der Waals surface area contributed by atoms with Crippen LogP contribution in [0.2, 0.25) is 0 Å². The average Bonchev–Trinajstić information content (AvgIpc) is 2.62. The van der Waals surface area contributed by atoms with Gasteiger partial charge in [0.2, 0.25) is 11.8 Å². The Balaban J connectivity index is 1.89. The largest absolute Gasteiger partial charge is 0.497 e. The zero-order chi connectivity index (χ0) is 19.1. The van der Waals surface area contributed by atoms with E-state index in [9.17, 15) is 9.59 Å². The molecule has 0 aliphatic rings. The monoisotopic (exact) mass is 354 g/mol. The van der Waals surface area contributed by atoms with Crippen molar-refractivity contribution in [3.05, 3.63) is 59.2 Å². The number of anilines is 1. The number of amides is 2. The minimum Gasteiger partial charge on any atom is -0.497 e.